The van der Waals surface area contributed by atoms with Gasteiger partial charge in [-0.05, 0) is 49.5 Å². The molecule has 194 valence electrons. The lowest BCUT2D eigenvalue weighted by Gasteiger charge is -2.43. The predicted octanol–water partition coefficient (Wildman–Crippen LogP) is 4.36. The van der Waals surface area contributed by atoms with E-state index in [0.717, 1.165) is 5.57 Å². The van der Waals surface area contributed by atoms with E-state index in [1.165, 1.54) is 0 Å². The second kappa shape index (κ2) is 12.5. The van der Waals surface area contributed by atoms with Crippen molar-refractivity contribution in [3.8, 4) is 0 Å². The van der Waals surface area contributed by atoms with Gasteiger partial charge in [0, 0.05) is 24.2 Å². The minimum Gasteiger partial charge on any atom is -0.461 e. The molecule has 6 heteroatoms. The van der Waals surface area contributed by atoms with E-state index in [-0.39, 0.29) is 48.3 Å². The molecule has 0 saturated heterocycles. The van der Waals surface area contributed by atoms with Gasteiger partial charge in [0.15, 0.2) is 0 Å². The van der Waals surface area contributed by atoms with E-state index in [0.29, 0.717) is 32.1 Å². The number of allylic oxidation sites excluding steroid dienone is 2. The molecule has 0 unspecified atom stereocenters. The lowest BCUT2D eigenvalue weighted by atomic mass is 9.66. The zero-order chi connectivity index (χ0) is 25.6. The Labute approximate surface area is 205 Å². The summed E-state index contributed by atoms with van der Waals surface area (Å²) in [4.78, 5) is 24.9. The van der Waals surface area contributed by atoms with Crippen molar-refractivity contribution in [1.29, 1.82) is 0 Å². The second-order valence-electron chi connectivity index (χ2n) is 11.1. The molecule has 0 bridgehead atoms. The quantitative estimate of drug-likeness (QED) is 0.360. The molecule has 0 saturated carbocycles. The van der Waals surface area contributed by atoms with Gasteiger partial charge in [0.25, 0.3) is 0 Å². The fourth-order valence-electron chi connectivity index (χ4n) is 5.01. The number of fused-ring (bicyclic) bond motifs is 1. The fourth-order valence-corrected chi connectivity index (χ4v) is 5.01. The van der Waals surface area contributed by atoms with Gasteiger partial charge in [-0.2, -0.15) is 0 Å². The van der Waals surface area contributed by atoms with Crippen LogP contribution in [0.15, 0.2) is 23.8 Å². The van der Waals surface area contributed by atoms with Crippen LogP contribution in [-0.2, 0) is 14.3 Å². The molecule has 0 amide bonds. The van der Waals surface area contributed by atoms with Crippen molar-refractivity contribution in [1.82, 2.24) is 0 Å². The Kier molecular flexibility index (Phi) is 10.5. The molecule has 0 aromatic carbocycles. The Morgan fingerprint density at radius 2 is 1.88 bits per heavy atom. The van der Waals surface area contributed by atoms with Gasteiger partial charge in [-0.25, -0.2) is 0 Å². The largest absolute Gasteiger partial charge is 0.461 e. The highest BCUT2D eigenvalue weighted by Crippen LogP contribution is 2.44. The first-order valence-corrected chi connectivity index (χ1v) is 13.1. The van der Waals surface area contributed by atoms with E-state index < -0.39 is 29.8 Å². The smallest absolute Gasteiger partial charge is 0.308 e. The summed E-state index contributed by atoms with van der Waals surface area (Å²) in [5.74, 6) is -0.0603. The zero-order valence-corrected chi connectivity index (χ0v) is 21.9. The Morgan fingerprint density at radius 3 is 2.50 bits per heavy atom. The van der Waals surface area contributed by atoms with Crippen molar-refractivity contribution in [3.63, 3.8) is 0 Å². The van der Waals surface area contributed by atoms with Gasteiger partial charge in [0.1, 0.15) is 11.9 Å². The number of Topliss-reactive ketones (excluding diaryl/α,β-unsaturated/α-hetero) is 1. The summed E-state index contributed by atoms with van der Waals surface area (Å²) in [6.07, 6.45) is 6.58. The maximum absolute atomic E-state index is 12.5. The Bertz CT molecular complexity index is 754. The maximum Gasteiger partial charge on any atom is 0.308 e. The second-order valence-corrected chi connectivity index (χ2v) is 11.1. The minimum absolute atomic E-state index is 0.0160. The summed E-state index contributed by atoms with van der Waals surface area (Å²) < 4.78 is 5.91. The Hall–Kier alpha value is -1.50. The summed E-state index contributed by atoms with van der Waals surface area (Å²) in [6.45, 7) is 11.7. The van der Waals surface area contributed by atoms with Crippen LogP contribution in [0, 0.1) is 29.1 Å². The molecule has 3 N–H and O–H groups in total. The summed E-state index contributed by atoms with van der Waals surface area (Å²) in [5, 5.41) is 31.4. The minimum atomic E-state index is -0.860. The third kappa shape index (κ3) is 7.50. The van der Waals surface area contributed by atoms with E-state index >= 15 is 0 Å². The molecule has 0 radical (unpaired) electrons. The first-order valence-electron chi connectivity index (χ1n) is 13.1. The molecular weight excluding hydrogens is 432 g/mol. The number of ether oxygens (including phenoxy) is 1. The molecule has 2 aliphatic rings. The molecule has 8 atom stereocenters. The number of aliphatic hydroxyl groups is 3. The highest BCUT2D eigenvalue weighted by molar-refractivity contribution is 5.84. The van der Waals surface area contributed by atoms with E-state index in [9.17, 15) is 24.9 Å². The van der Waals surface area contributed by atoms with Gasteiger partial charge in [-0.1, -0.05) is 59.8 Å². The molecular formula is C28H46O6. The zero-order valence-electron chi connectivity index (χ0n) is 21.9. The predicted molar refractivity (Wildman–Crippen MR) is 133 cm³/mol. The monoisotopic (exact) mass is 478 g/mol. The summed E-state index contributed by atoms with van der Waals surface area (Å²) in [5.41, 5.74) is 0.525. The highest BCUT2D eigenvalue weighted by Gasteiger charge is 2.42. The molecule has 0 aromatic rings. The lowest BCUT2D eigenvalue weighted by Crippen LogP contribution is -2.43. The van der Waals surface area contributed by atoms with Gasteiger partial charge in [0.05, 0.1) is 24.2 Å². The number of hydrogen-bond donors (Lipinski definition) is 3. The van der Waals surface area contributed by atoms with E-state index in [2.05, 4.69) is 13.0 Å². The van der Waals surface area contributed by atoms with Crippen LogP contribution in [-0.4, -0.2) is 51.5 Å². The molecule has 2 aliphatic carbocycles. The van der Waals surface area contributed by atoms with Crippen LogP contribution in [0.4, 0.5) is 0 Å². The van der Waals surface area contributed by atoms with Gasteiger partial charge < -0.3 is 20.1 Å². The van der Waals surface area contributed by atoms with E-state index in [4.69, 9.17) is 4.74 Å². The Balaban J connectivity index is 2.04. The Morgan fingerprint density at radius 1 is 1.21 bits per heavy atom. The van der Waals surface area contributed by atoms with Crippen LogP contribution < -0.4 is 0 Å². The summed E-state index contributed by atoms with van der Waals surface area (Å²) in [6, 6.07) is 0. The number of ketones is 1. The van der Waals surface area contributed by atoms with Crippen molar-refractivity contribution in [3.05, 3.63) is 23.8 Å². The molecule has 34 heavy (non-hydrogen) atoms. The first kappa shape index (κ1) is 28.7. The average Bonchev–Trinajstić information content (AvgIpc) is 2.77. The standard InChI is InChI=1S/C28H46O6/c1-7-17(3)27(33)34-24-15-21(30)13-19-10-9-18(4)23(26(19)24)12-11-20(29)14-22(31)16-25(32)28(5,6)8-2/h9-10,13,17-18,20-24,26,29-31H,7-8,11-12,14-16H2,1-6H3/t17-,18-,20+,21+,22+,23-,24-,26-/m0/s1. The van der Waals surface area contributed by atoms with Gasteiger partial charge in [0.2, 0.25) is 0 Å². The fraction of sp³-hybridized carbons (Fsp3) is 0.786. The third-order valence-electron chi connectivity index (χ3n) is 8.09. The summed E-state index contributed by atoms with van der Waals surface area (Å²) in [7, 11) is 0. The van der Waals surface area contributed by atoms with E-state index in [1.807, 2.05) is 46.8 Å². The number of hydrogen-bond acceptors (Lipinski definition) is 6. The highest BCUT2D eigenvalue weighted by atomic mass is 16.5. The van der Waals surface area contributed by atoms with Crippen molar-refractivity contribution < 1.29 is 29.6 Å². The first-order chi connectivity index (χ1) is 15.9. The molecule has 0 heterocycles. The number of esters is 1. The molecule has 0 fully saturated rings. The van der Waals surface area contributed by atoms with E-state index in [1.54, 1.807) is 0 Å². The van der Waals surface area contributed by atoms with Crippen molar-refractivity contribution in [2.45, 2.75) is 111 Å². The SMILES string of the molecule is CC[C@H](C)C(=O)O[C@H]1C[C@H](O)C=C2C=C[C@H](C)[C@H](CC[C@@H](O)C[C@@H](O)CC(=O)C(C)(C)CC)[C@H]21. The molecule has 0 aromatic heterocycles. The number of rotatable bonds is 12. The number of carbonyl (C=O) groups excluding carboxylic acids is 2. The normalized spacial score (nSPS) is 29.6. The van der Waals surface area contributed by atoms with Gasteiger partial charge >= 0.3 is 5.97 Å². The molecule has 0 spiro atoms. The third-order valence-corrected chi connectivity index (χ3v) is 8.09. The lowest BCUT2D eigenvalue weighted by molar-refractivity contribution is -0.159. The van der Waals surface area contributed by atoms with Crippen LogP contribution in [0.25, 0.3) is 0 Å². The van der Waals surface area contributed by atoms with Gasteiger partial charge in [-0.15, -0.1) is 0 Å². The van der Waals surface area contributed by atoms with Crippen LogP contribution >= 0.6 is 0 Å². The summed E-state index contributed by atoms with van der Waals surface area (Å²) >= 11 is 0. The van der Waals surface area contributed by atoms with Crippen molar-refractivity contribution in [2.24, 2.45) is 29.1 Å². The van der Waals surface area contributed by atoms with Crippen LogP contribution in [0.1, 0.15) is 86.5 Å². The van der Waals surface area contributed by atoms with Crippen LogP contribution in [0.5, 0.6) is 0 Å². The van der Waals surface area contributed by atoms with Crippen molar-refractivity contribution in [2.75, 3.05) is 0 Å². The molecule has 0 aliphatic heterocycles. The van der Waals surface area contributed by atoms with Crippen molar-refractivity contribution >= 4 is 11.8 Å². The van der Waals surface area contributed by atoms with Gasteiger partial charge in [-0.3, -0.25) is 9.59 Å². The number of carbonyl (C=O) groups is 2. The average molecular weight is 479 g/mol. The number of aliphatic hydroxyl groups excluding tert-OH is 3. The van der Waals surface area contributed by atoms with Crippen LogP contribution in [0.3, 0.4) is 0 Å². The molecule has 2 rings (SSSR count). The van der Waals surface area contributed by atoms with Crippen LogP contribution in [0.2, 0.25) is 0 Å². The topological polar surface area (TPSA) is 104 Å². The molecule has 6 nitrogen and oxygen atoms in total. The maximum atomic E-state index is 12.5.